The van der Waals surface area contributed by atoms with Gasteiger partial charge in [-0.25, -0.2) is 0 Å². The van der Waals surface area contributed by atoms with Gasteiger partial charge in [0.15, 0.2) is 0 Å². The molecular formula is C32H20ClNS. The molecule has 1 nitrogen and oxygen atoms in total. The van der Waals surface area contributed by atoms with Gasteiger partial charge >= 0.3 is 0 Å². The highest BCUT2D eigenvalue weighted by Crippen LogP contribution is 2.48. The van der Waals surface area contributed by atoms with E-state index in [4.69, 9.17) is 11.6 Å². The van der Waals surface area contributed by atoms with Crippen LogP contribution in [-0.2, 0) is 0 Å². The average molecular weight is 486 g/mol. The zero-order valence-electron chi connectivity index (χ0n) is 18.8. The first-order chi connectivity index (χ1) is 17.3. The van der Waals surface area contributed by atoms with Gasteiger partial charge in [-0.15, -0.1) is 11.3 Å². The van der Waals surface area contributed by atoms with Gasteiger partial charge in [0.25, 0.3) is 0 Å². The summed E-state index contributed by atoms with van der Waals surface area (Å²) in [5.41, 5.74) is 3.44. The zero-order chi connectivity index (χ0) is 23.4. The van der Waals surface area contributed by atoms with Crippen molar-refractivity contribution in [3.05, 3.63) is 126 Å². The van der Waals surface area contributed by atoms with Crippen LogP contribution in [-0.4, -0.2) is 0 Å². The van der Waals surface area contributed by atoms with E-state index in [-0.39, 0.29) is 0 Å². The van der Waals surface area contributed by atoms with Gasteiger partial charge in [0.05, 0.1) is 5.69 Å². The Morgan fingerprint density at radius 2 is 1.06 bits per heavy atom. The third-order valence-corrected chi connectivity index (χ3v) is 8.18. The summed E-state index contributed by atoms with van der Waals surface area (Å²) >= 11 is 8.55. The van der Waals surface area contributed by atoms with Gasteiger partial charge < -0.3 is 4.90 Å². The first kappa shape index (κ1) is 20.5. The number of fused-ring (bicyclic) bond motifs is 7. The van der Waals surface area contributed by atoms with E-state index in [0.717, 1.165) is 21.8 Å². The van der Waals surface area contributed by atoms with Gasteiger partial charge in [-0.05, 0) is 41.8 Å². The summed E-state index contributed by atoms with van der Waals surface area (Å²) in [5.74, 6) is 0. The first-order valence-corrected chi connectivity index (χ1v) is 12.8. The number of rotatable bonds is 3. The fourth-order valence-corrected chi connectivity index (χ4v) is 6.78. The minimum Gasteiger partial charge on any atom is -0.310 e. The maximum Gasteiger partial charge on any atom is 0.0547 e. The van der Waals surface area contributed by atoms with Crippen LogP contribution in [0.15, 0.2) is 121 Å². The van der Waals surface area contributed by atoms with E-state index < -0.39 is 0 Å². The topological polar surface area (TPSA) is 3.24 Å². The number of thiophene rings is 1. The van der Waals surface area contributed by atoms with E-state index in [1.165, 1.54) is 42.0 Å². The minimum atomic E-state index is 0.805. The molecule has 7 rings (SSSR count). The number of benzene rings is 6. The van der Waals surface area contributed by atoms with Crippen LogP contribution in [0.3, 0.4) is 0 Å². The van der Waals surface area contributed by atoms with Crippen molar-refractivity contribution in [2.24, 2.45) is 0 Å². The summed E-state index contributed by atoms with van der Waals surface area (Å²) in [6.45, 7) is 0. The van der Waals surface area contributed by atoms with Crippen LogP contribution >= 0.6 is 22.9 Å². The number of halogens is 1. The third kappa shape index (κ3) is 3.22. The van der Waals surface area contributed by atoms with Gasteiger partial charge in [-0.3, -0.25) is 0 Å². The lowest BCUT2D eigenvalue weighted by Crippen LogP contribution is -2.10. The smallest absolute Gasteiger partial charge is 0.0547 e. The Morgan fingerprint density at radius 1 is 0.514 bits per heavy atom. The van der Waals surface area contributed by atoms with Crippen molar-refractivity contribution < 1.29 is 0 Å². The fourth-order valence-electron chi connectivity index (χ4n) is 5.17. The lowest BCUT2D eigenvalue weighted by atomic mass is 9.99. The van der Waals surface area contributed by atoms with Crippen LogP contribution in [0.4, 0.5) is 17.1 Å². The highest BCUT2D eigenvalue weighted by atomic mass is 35.5. The van der Waals surface area contributed by atoms with Gasteiger partial charge in [0.2, 0.25) is 0 Å². The number of anilines is 3. The molecule has 0 radical (unpaired) electrons. The van der Waals surface area contributed by atoms with E-state index in [2.05, 4.69) is 126 Å². The molecule has 0 spiro atoms. The van der Waals surface area contributed by atoms with Crippen LogP contribution in [0, 0.1) is 0 Å². The molecule has 166 valence electrons. The Labute approximate surface area is 212 Å². The zero-order valence-corrected chi connectivity index (χ0v) is 20.4. The Morgan fingerprint density at radius 3 is 1.71 bits per heavy atom. The second kappa shape index (κ2) is 8.13. The number of hydrogen-bond donors (Lipinski definition) is 0. The minimum absolute atomic E-state index is 0.805. The summed E-state index contributed by atoms with van der Waals surface area (Å²) in [6, 6.07) is 42.9. The summed E-state index contributed by atoms with van der Waals surface area (Å²) in [6.07, 6.45) is 0. The summed E-state index contributed by atoms with van der Waals surface area (Å²) in [4.78, 5) is 2.36. The largest absolute Gasteiger partial charge is 0.310 e. The van der Waals surface area contributed by atoms with E-state index in [1.807, 2.05) is 11.3 Å². The van der Waals surface area contributed by atoms with Crippen LogP contribution in [0.1, 0.15) is 0 Å². The van der Waals surface area contributed by atoms with Crippen molar-refractivity contribution in [1.29, 1.82) is 0 Å². The molecule has 1 aromatic heterocycles. The van der Waals surface area contributed by atoms with Crippen molar-refractivity contribution in [2.45, 2.75) is 0 Å². The molecule has 0 bridgehead atoms. The molecule has 0 atom stereocenters. The van der Waals surface area contributed by atoms with E-state index in [1.54, 1.807) is 0 Å². The Hall–Kier alpha value is -3.85. The van der Waals surface area contributed by atoms with Gasteiger partial charge in [-0.2, -0.15) is 0 Å². The quantitative estimate of drug-likeness (QED) is 0.240. The Kier molecular flexibility index (Phi) is 4.76. The molecule has 6 aromatic carbocycles. The summed E-state index contributed by atoms with van der Waals surface area (Å²) in [7, 11) is 0. The lowest BCUT2D eigenvalue weighted by Gasteiger charge is -2.27. The monoisotopic (exact) mass is 485 g/mol. The third-order valence-electron chi connectivity index (χ3n) is 6.68. The summed E-state index contributed by atoms with van der Waals surface area (Å²) in [5, 5.41) is 8.14. The van der Waals surface area contributed by atoms with E-state index in [0.29, 0.717) is 0 Å². The SMILES string of the molecule is Clc1cc2sc3c4ccccc4c(N(c4ccccc4)c4ccccc4)cc3c2c2ccccc12. The molecule has 7 aromatic rings. The number of para-hydroxylation sites is 2. The predicted octanol–water partition coefficient (Wildman–Crippen LogP) is 10.5. The molecule has 0 N–H and O–H groups in total. The summed E-state index contributed by atoms with van der Waals surface area (Å²) < 4.78 is 2.52. The maximum absolute atomic E-state index is 6.72. The first-order valence-electron chi connectivity index (χ1n) is 11.6. The lowest BCUT2D eigenvalue weighted by molar-refractivity contribution is 1.30. The van der Waals surface area contributed by atoms with Gasteiger partial charge in [0, 0.05) is 52.7 Å². The van der Waals surface area contributed by atoms with Crippen LogP contribution in [0.5, 0.6) is 0 Å². The van der Waals surface area contributed by atoms with E-state index >= 15 is 0 Å². The molecule has 35 heavy (non-hydrogen) atoms. The maximum atomic E-state index is 6.72. The average Bonchev–Trinajstić information content (AvgIpc) is 3.29. The number of hydrogen-bond acceptors (Lipinski definition) is 2. The standard InChI is InChI=1S/C32H20ClNS/c33-28-20-30-31(25-17-9-7-15-23(25)28)27-19-29(24-16-8-10-18-26(24)32(27)35-30)34(21-11-3-1-4-12-21)22-13-5-2-6-14-22/h1-20H. The molecule has 0 fully saturated rings. The molecular weight excluding hydrogens is 466 g/mol. The molecule has 3 heteroatoms. The molecule has 0 unspecified atom stereocenters. The molecule has 0 saturated heterocycles. The second-order valence-corrected chi connectivity index (χ2v) is 10.2. The molecule has 0 amide bonds. The highest BCUT2D eigenvalue weighted by Gasteiger charge is 2.20. The molecule has 1 heterocycles. The Bertz CT molecular complexity index is 1820. The van der Waals surface area contributed by atoms with Crippen LogP contribution in [0.25, 0.3) is 41.7 Å². The van der Waals surface area contributed by atoms with Crippen molar-refractivity contribution in [3.63, 3.8) is 0 Å². The van der Waals surface area contributed by atoms with Crippen molar-refractivity contribution in [2.75, 3.05) is 4.90 Å². The van der Waals surface area contributed by atoms with Crippen LogP contribution in [0.2, 0.25) is 5.02 Å². The van der Waals surface area contributed by atoms with Crippen molar-refractivity contribution >= 4 is 81.7 Å². The van der Waals surface area contributed by atoms with Crippen molar-refractivity contribution in [3.8, 4) is 0 Å². The van der Waals surface area contributed by atoms with Gasteiger partial charge in [0.1, 0.15) is 0 Å². The molecule has 0 aliphatic heterocycles. The molecule has 0 aliphatic carbocycles. The normalized spacial score (nSPS) is 11.6. The highest BCUT2D eigenvalue weighted by molar-refractivity contribution is 7.27. The molecule has 0 aliphatic rings. The predicted molar refractivity (Wildman–Crippen MR) is 154 cm³/mol. The fraction of sp³-hybridized carbons (Fsp3) is 0. The molecule has 0 saturated carbocycles. The van der Waals surface area contributed by atoms with Crippen LogP contribution < -0.4 is 4.90 Å². The Balaban J connectivity index is 1.66. The van der Waals surface area contributed by atoms with Gasteiger partial charge in [-0.1, -0.05) is 96.5 Å². The number of nitrogens with zero attached hydrogens (tertiary/aromatic N) is 1. The van der Waals surface area contributed by atoms with E-state index in [9.17, 15) is 0 Å². The van der Waals surface area contributed by atoms with Crippen molar-refractivity contribution in [1.82, 2.24) is 0 Å². The second-order valence-electron chi connectivity index (χ2n) is 8.70.